The minimum atomic E-state index is 0.353. The van der Waals surface area contributed by atoms with Crippen molar-refractivity contribution < 1.29 is 0 Å². The van der Waals surface area contributed by atoms with E-state index in [-0.39, 0.29) is 0 Å². The summed E-state index contributed by atoms with van der Waals surface area (Å²) >= 11 is 0. The van der Waals surface area contributed by atoms with Gasteiger partial charge in [0.25, 0.3) is 0 Å². The number of nitrogens with zero attached hydrogens (tertiary/aromatic N) is 2. The van der Waals surface area contributed by atoms with Gasteiger partial charge in [0.1, 0.15) is 12.2 Å². The van der Waals surface area contributed by atoms with E-state index >= 15 is 0 Å². The Kier molecular flexibility index (Phi) is 2.69. The van der Waals surface area contributed by atoms with Crippen molar-refractivity contribution in [3.63, 3.8) is 0 Å². The summed E-state index contributed by atoms with van der Waals surface area (Å²) in [6, 6.07) is 0.353. The Morgan fingerprint density at radius 3 is 2.37 bits per heavy atom. The molecule has 4 aliphatic carbocycles. The molecule has 4 nitrogen and oxygen atoms in total. The van der Waals surface area contributed by atoms with Gasteiger partial charge >= 0.3 is 0 Å². The molecule has 1 atom stereocenters. The second-order valence-corrected chi connectivity index (χ2v) is 7.36. The lowest BCUT2D eigenvalue weighted by atomic mass is 9.47. The summed E-state index contributed by atoms with van der Waals surface area (Å²) in [4.78, 5) is 4.21. The van der Waals surface area contributed by atoms with Crippen molar-refractivity contribution in [3.05, 3.63) is 12.2 Å². The van der Waals surface area contributed by atoms with Crippen molar-refractivity contribution in [1.82, 2.24) is 15.2 Å². The maximum absolute atomic E-state index is 6.63. The highest BCUT2D eigenvalue weighted by atomic mass is 15.2. The molecule has 0 amide bonds. The standard InChI is InChI=1S/C15H24N4/c16-13(1-2-14-17-9-18-19-14)15-6-10-3-11(7-15)5-12(4-10)8-15/h9-13H,1-8,16H2,(H,17,18,19). The molecule has 4 aliphatic rings. The molecule has 0 saturated heterocycles. The van der Waals surface area contributed by atoms with Crippen LogP contribution in [0.2, 0.25) is 0 Å². The molecule has 104 valence electrons. The molecule has 19 heavy (non-hydrogen) atoms. The van der Waals surface area contributed by atoms with Crippen LogP contribution in [-0.4, -0.2) is 21.2 Å². The van der Waals surface area contributed by atoms with E-state index in [4.69, 9.17) is 5.73 Å². The van der Waals surface area contributed by atoms with E-state index in [1.807, 2.05) is 0 Å². The normalized spacial score (nSPS) is 41.6. The maximum Gasteiger partial charge on any atom is 0.137 e. The number of hydrogen-bond acceptors (Lipinski definition) is 3. The zero-order chi connectivity index (χ0) is 12.9. The van der Waals surface area contributed by atoms with Crippen LogP contribution < -0.4 is 5.73 Å². The predicted octanol–water partition coefficient (Wildman–Crippen LogP) is 2.28. The van der Waals surface area contributed by atoms with Gasteiger partial charge in [-0.2, -0.15) is 5.10 Å². The van der Waals surface area contributed by atoms with Crippen molar-refractivity contribution in [3.8, 4) is 0 Å². The number of aromatic amines is 1. The molecule has 1 heterocycles. The number of hydrogen-bond donors (Lipinski definition) is 2. The number of aromatic nitrogens is 3. The molecule has 4 saturated carbocycles. The molecule has 0 aliphatic heterocycles. The van der Waals surface area contributed by atoms with Crippen LogP contribution in [0.15, 0.2) is 6.33 Å². The van der Waals surface area contributed by atoms with Gasteiger partial charge in [-0.05, 0) is 68.1 Å². The molecule has 1 unspecified atom stereocenters. The summed E-state index contributed by atoms with van der Waals surface area (Å²) in [6.45, 7) is 0. The van der Waals surface area contributed by atoms with Crippen molar-refractivity contribution in [2.24, 2.45) is 28.9 Å². The maximum atomic E-state index is 6.63. The zero-order valence-corrected chi connectivity index (χ0v) is 11.5. The lowest BCUT2D eigenvalue weighted by molar-refractivity contribution is -0.0681. The number of nitrogens with one attached hydrogen (secondary N) is 1. The summed E-state index contributed by atoms with van der Waals surface area (Å²) in [5, 5.41) is 6.87. The fraction of sp³-hybridized carbons (Fsp3) is 0.867. The van der Waals surface area contributed by atoms with Crippen LogP contribution in [0.25, 0.3) is 0 Å². The smallest absolute Gasteiger partial charge is 0.137 e. The molecule has 0 aromatic carbocycles. The van der Waals surface area contributed by atoms with Gasteiger partial charge in [-0.25, -0.2) is 4.98 Å². The van der Waals surface area contributed by atoms with Gasteiger partial charge in [0.05, 0.1) is 0 Å². The second-order valence-electron chi connectivity index (χ2n) is 7.36. The lowest BCUT2D eigenvalue weighted by Gasteiger charge is -2.59. The number of rotatable bonds is 4. The van der Waals surface area contributed by atoms with Gasteiger partial charge in [0, 0.05) is 12.5 Å². The molecular formula is C15H24N4. The molecule has 0 radical (unpaired) electrons. The van der Waals surface area contributed by atoms with E-state index in [0.29, 0.717) is 11.5 Å². The molecule has 1 aromatic heterocycles. The summed E-state index contributed by atoms with van der Waals surface area (Å²) in [5.41, 5.74) is 7.09. The van der Waals surface area contributed by atoms with Crippen LogP contribution in [0.4, 0.5) is 0 Å². The van der Waals surface area contributed by atoms with Crippen LogP contribution in [0.3, 0.4) is 0 Å². The van der Waals surface area contributed by atoms with Crippen molar-refractivity contribution in [2.75, 3.05) is 0 Å². The molecule has 1 aromatic rings. The van der Waals surface area contributed by atoms with Crippen LogP contribution in [0.1, 0.15) is 50.8 Å². The highest BCUT2D eigenvalue weighted by Crippen LogP contribution is 2.61. The first-order valence-electron chi connectivity index (χ1n) is 7.83. The van der Waals surface area contributed by atoms with Gasteiger partial charge in [-0.3, -0.25) is 5.10 Å². The first kappa shape index (κ1) is 11.9. The Labute approximate surface area is 114 Å². The largest absolute Gasteiger partial charge is 0.327 e. The molecule has 0 spiro atoms. The average Bonchev–Trinajstić information content (AvgIpc) is 2.87. The van der Waals surface area contributed by atoms with Crippen LogP contribution >= 0.6 is 0 Å². The van der Waals surface area contributed by atoms with Gasteiger partial charge in [-0.1, -0.05) is 0 Å². The Balaban J connectivity index is 1.45. The van der Waals surface area contributed by atoms with E-state index in [1.54, 1.807) is 6.33 Å². The van der Waals surface area contributed by atoms with E-state index in [9.17, 15) is 0 Å². The monoisotopic (exact) mass is 260 g/mol. The zero-order valence-electron chi connectivity index (χ0n) is 11.5. The second kappa shape index (κ2) is 4.30. The minimum Gasteiger partial charge on any atom is -0.327 e. The summed E-state index contributed by atoms with van der Waals surface area (Å²) in [7, 11) is 0. The molecular weight excluding hydrogens is 236 g/mol. The number of aryl methyl sites for hydroxylation is 1. The topological polar surface area (TPSA) is 67.6 Å². The minimum absolute atomic E-state index is 0.353. The number of H-pyrrole nitrogens is 1. The van der Waals surface area contributed by atoms with E-state index in [0.717, 1.165) is 36.4 Å². The van der Waals surface area contributed by atoms with Crippen LogP contribution in [0, 0.1) is 23.2 Å². The van der Waals surface area contributed by atoms with Crippen molar-refractivity contribution in [2.45, 2.75) is 57.4 Å². The Bertz CT molecular complexity index is 404. The predicted molar refractivity (Wildman–Crippen MR) is 73.3 cm³/mol. The fourth-order valence-corrected chi connectivity index (χ4v) is 5.58. The lowest BCUT2D eigenvalue weighted by Crippen LogP contribution is -2.54. The SMILES string of the molecule is NC(CCc1ncn[nH]1)C12CC3CC(CC(C3)C1)C2. The van der Waals surface area contributed by atoms with Crippen LogP contribution in [0.5, 0.6) is 0 Å². The highest BCUT2D eigenvalue weighted by Gasteiger charge is 2.53. The molecule has 4 heteroatoms. The van der Waals surface area contributed by atoms with Crippen LogP contribution in [-0.2, 0) is 6.42 Å². The number of nitrogens with two attached hydrogens (primary N) is 1. The third-order valence-corrected chi connectivity index (χ3v) is 6.03. The fourth-order valence-electron chi connectivity index (χ4n) is 5.58. The molecule has 3 N–H and O–H groups in total. The van der Waals surface area contributed by atoms with Gasteiger partial charge in [-0.15, -0.1) is 0 Å². The molecule has 4 fully saturated rings. The Hall–Kier alpha value is -0.900. The third-order valence-electron chi connectivity index (χ3n) is 6.03. The third kappa shape index (κ3) is 2.00. The summed E-state index contributed by atoms with van der Waals surface area (Å²) < 4.78 is 0. The van der Waals surface area contributed by atoms with Gasteiger partial charge in [0.2, 0.25) is 0 Å². The first-order valence-corrected chi connectivity index (χ1v) is 7.83. The van der Waals surface area contributed by atoms with E-state index in [1.165, 1.54) is 38.5 Å². The molecule has 4 bridgehead atoms. The summed E-state index contributed by atoms with van der Waals surface area (Å²) in [6.07, 6.45) is 12.3. The van der Waals surface area contributed by atoms with E-state index in [2.05, 4.69) is 15.2 Å². The first-order chi connectivity index (χ1) is 9.23. The highest BCUT2D eigenvalue weighted by molar-refractivity contribution is 5.05. The van der Waals surface area contributed by atoms with E-state index < -0.39 is 0 Å². The van der Waals surface area contributed by atoms with Crippen molar-refractivity contribution in [1.29, 1.82) is 0 Å². The Morgan fingerprint density at radius 2 is 1.84 bits per heavy atom. The average molecular weight is 260 g/mol. The Morgan fingerprint density at radius 1 is 1.21 bits per heavy atom. The summed E-state index contributed by atoms with van der Waals surface area (Å²) in [5.74, 6) is 3.95. The van der Waals surface area contributed by atoms with Crippen molar-refractivity contribution >= 4 is 0 Å². The molecule has 5 rings (SSSR count). The van der Waals surface area contributed by atoms with Gasteiger partial charge in [0.15, 0.2) is 0 Å². The quantitative estimate of drug-likeness (QED) is 0.872. The van der Waals surface area contributed by atoms with Gasteiger partial charge < -0.3 is 5.73 Å².